The van der Waals surface area contributed by atoms with Crippen molar-refractivity contribution >= 4 is 0 Å². The fourth-order valence-electron chi connectivity index (χ4n) is 1.72. The van der Waals surface area contributed by atoms with Gasteiger partial charge < -0.3 is 5.32 Å². The van der Waals surface area contributed by atoms with Gasteiger partial charge in [-0.15, -0.1) is 0 Å². The van der Waals surface area contributed by atoms with Crippen molar-refractivity contribution in [2.24, 2.45) is 0 Å². The van der Waals surface area contributed by atoms with E-state index in [4.69, 9.17) is 0 Å². The summed E-state index contributed by atoms with van der Waals surface area (Å²) in [4.78, 5) is 0. The van der Waals surface area contributed by atoms with E-state index in [9.17, 15) is 0 Å². The van der Waals surface area contributed by atoms with E-state index in [1.807, 2.05) is 0 Å². The Hall–Kier alpha value is -0.120. The van der Waals surface area contributed by atoms with Gasteiger partial charge in [0.25, 0.3) is 0 Å². The fourth-order valence-corrected chi connectivity index (χ4v) is 1.72. The lowest BCUT2D eigenvalue weighted by Gasteiger charge is -2.32. The molecule has 2 rings (SSSR count). The quantitative estimate of drug-likeness (QED) is 0.421. The third-order valence-electron chi connectivity index (χ3n) is 2.42. The summed E-state index contributed by atoms with van der Waals surface area (Å²) in [5.74, 6) is 0. The Labute approximate surface area is 61.6 Å². The molecule has 1 spiro atoms. The van der Waals surface area contributed by atoms with Gasteiger partial charge >= 0.3 is 0 Å². The van der Waals surface area contributed by atoms with Crippen LogP contribution in [-0.2, 0) is 0 Å². The highest BCUT2D eigenvalue weighted by Gasteiger charge is 2.34. The van der Waals surface area contributed by atoms with Crippen molar-refractivity contribution in [3.05, 3.63) is 6.54 Å². The van der Waals surface area contributed by atoms with Gasteiger partial charge in [-0.25, -0.2) is 0 Å². The molecule has 3 heteroatoms. The summed E-state index contributed by atoms with van der Waals surface area (Å²) in [7, 11) is 0. The van der Waals surface area contributed by atoms with E-state index in [2.05, 4.69) is 22.5 Å². The molecule has 10 heavy (non-hydrogen) atoms. The summed E-state index contributed by atoms with van der Waals surface area (Å²) in [6.07, 6.45) is 2.44. The van der Waals surface area contributed by atoms with Crippen LogP contribution < -0.4 is 16.0 Å². The van der Waals surface area contributed by atoms with Gasteiger partial charge in [0.05, 0.1) is 0 Å². The molecule has 2 aliphatic heterocycles. The summed E-state index contributed by atoms with van der Waals surface area (Å²) < 4.78 is 0. The minimum absolute atomic E-state index is 0.325. The molecule has 0 amide bonds. The molecule has 2 saturated heterocycles. The molecule has 2 aliphatic rings. The maximum atomic E-state index is 3.47. The molecule has 0 aromatic heterocycles. The second kappa shape index (κ2) is 2.49. The van der Waals surface area contributed by atoms with Crippen LogP contribution in [0.15, 0.2) is 0 Å². The Morgan fingerprint density at radius 3 is 2.60 bits per heavy atom. The molecule has 0 aromatic carbocycles. The number of hydrogen-bond donors (Lipinski definition) is 3. The van der Waals surface area contributed by atoms with Crippen molar-refractivity contribution < 1.29 is 0 Å². The van der Waals surface area contributed by atoms with E-state index < -0.39 is 0 Å². The van der Waals surface area contributed by atoms with E-state index in [-0.39, 0.29) is 0 Å². The second-order valence-electron chi connectivity index (χ2n) is 3.11. The van der Waals surface area contributed by atoms with E-state index in [1.54, 1.807) is 0 Å². The van der Waals surface area contributed by atoms with Gasteiger partial charge in [0.2, 0.25) is 0 Å². The zero-order valence-corrected chi connectivity index (χ0v) is 6.11. The largest absolute Gasteiger partial charge is 0.317 e. The van der Waals surface area contributed by atoms with Crippen molar-refractivity contribution in [2.75, 3.05) is 19.8 Å². The summed E-state index contributed by atoms with van der Waals surface area (Å²) in [5.41, 5.74) is 0.325. The highest BCUT2D eigenvalue weighted by Crippen LogP contribution is 2.22. The molecule has 3 nitrogen and oxygen atoms in total. The van der Waals surface area contributed by atoms with Crippen LogP contribution in [0.1, 0.15) is 12.8 Å². The highest BCUT2D eigenvalue weighted by molar-refractivity contribution is 5.05. The van der Waals surface area contributed by atoms with Crippen molar-refractivity contribution in [1.82, 2.24) is 16.0 Å². The molecule has 1 radical (unpaired) electrons. The number of nitrogens with one attached hydrogen (secondary N) is 3. The molecule has 0 bridgehead atoms. The molecule has 0 atom stereocenters. The Balaban J connectivity index is 1.98. The Bertz CT molecular complexity index is 110. The van der Waals surface area contributed by atoms with Crippen LogP contribution in [0.4, 0.5) is 0 Å². The first kappa shape index (κ1) is 6.58. The van der Waals surface area contributed by atoms with Crippen molar-refractivity contribution in [3.8, 4) is 0 Å². The first-order valence-corrected chi connectivity index (χ1v) is 3.95. The van der Waals surface area contributed by atoms with Gasteiger partial charge in [0.15, 0.2) is 0 Å². The van der Waals surface area contributed by atoms with Crippen LogP contribution in [0.25, 0.3) is 0 Å². The first-order chi connectivity index (χ1) is 4.91. The van der Waals surface area contributed by atoms with Gasteiger partial charge in [-0.1, -0.05) is 0 Å². The fraction of sp³-hybridized carbons (Fsp3) is 0.857. The third-order valence-corrected chi connectivity index (χ3v) is 2.42. The summed E-state index contributed by atoms with van der Waals surface area (Å²) in [5, 5.41) is 10.0. The summed E-state index contributed by atoms with van der Waals surface area (Å²) in [6.45, 7) is 5.45. The van der Waals surface area contributed by atoms with Crippen LogP contribution in [0, 0.1) is 6.54 Å². The predicted octanol–water partition coefficient (Wildman–Crippen LogP) is -0.579. The normalized spacial score (nSPS) is 31.2. The molecular weight excluding hydrogens is 126 g/mol. The van der Waals surface area contributed by atoms with Gasteiger partial charge in [0, 0.05) is 18.8 Å². The highest BCUT2D eigenvalue weighted by atomic mass is 15.2. The lowest BCUT2D eigenvalue weighted by Crippen LogP contribution is -2.48. The van der Waals surface area contributed by atoms with Crippen molar-refractivity contribution in [2.45, 2.75) is 18.4 Å². The molecule has 0 saturated carbocycles. The van der Waals surface area contributed by atoms with Crippen molar-refractivity contribution in [1.29, 1.82) is 0 Å². The van der Waals surface area contributed by atoms with Gasteiger partial charge in [-0.3, -0.25) is 10.6 Å². The Morgan fingerprint density at radius 1 is 1.20 bits per heavy atom. The lowest BCUT2D eigenvalue weighted by atomic mass is 9.90. The third kappa shape index (κ3) is 1.05. The average Bonchev–Trinajstić information content (AvgIpc) is 2.39. The number of hydrogen-bond acceptors (Lipinski definition) is 3. The van der Waals surface area contributed by atoms with E-state index in [1.165, 1.54) is 12.8 Å². The van der Waals surface area contributed by atoms with Crippen LogP contribution in [0.3, 0.4) is 0 Å². The van der Waals surface area contributed by atoms with Crippen LogP contribution in [0.2, 0.25) is 0 Å². The molecule has 0 unspecified atom stereocenters. The summed E-state index contributed by atoms with van der Waals surface area (Å²) >= 11 is 0. The SMILES string of the molecule is [CH]1NCNC12CCNCC2. The zero-order chi connectivity index (χ0) is 6.86. The molecule has 3 N–H and O–H groups in total. The monoisotopic (exact) mass is 140 g/mol. The molecular formula is C7H14N3. The minimum Gasteiger partial charge on any atom is -0.317 e. The van der Waals surface area contributed by atoms with Gasteiger partial charge in [0.1, 0.15) is 0 Å². The standard InChI is InChI=1S/C7H14N3/c1-3-8-4-2-7(1)5-9-6-10-7/h5,8-10H,1-4,6H2. The van der Waals surface area contributed by atoms with Crippen LogP contribution >= 0.6 is 0 Å². The van der Waals surface area contributed by atoms with Crippen LogP contribution in [0.5, 0.6) is 0 Å². The molecule has 2 fully saturated rings. The smallest absolute Gasteiger partial charge is 0.0462 e. The van der Waals surface area contributed by atoms with E-state index in [0.717, 1.165) is 19.8 Å². The van der Waals surface area contributed by atoms with Gasteiger partial charge in [-0.05, 0) is 25.9 Å². The Morgan fingerprint density at radius 2 is 2.00 bits per heavy atom. The van der Waals surface area contributed by atoms with Crippen LogP contribution in [-0.4, -0.2) is 25.3 Å². The lowest BCUT2D eigenvalue weighted by molar-refractivity contribution is 0.318. The van der Waals surface area contributed by atoms with Gasteiger partial charge in [-0.2, -0.15) is 0 Å². The molecule has 2 heterocycles. The maximum Gasteiger partial charge on any atom is 0.0462 e. The molecule has 0 aromatic rings. The second-order valence-corrected chi connectivity index (χ2v) is 3.11. The predicted molar refractivity (Wildman–Crippen MR) is 40.3 cm³/mol. The first-order valence-electron chi connectivity index (χ1n) is 3.95. The maximum absolute atomic E-state index is 3.47. The topological polar surface area (TPSA) is 36.1 Å². The van der Waals surface area contributed by atoms with Crippen molar-refractivity contribution in [3.63, 3.8) is 0 Å². The molecule has 0 aliphatic carbocycles. The zero-order valence-electron chi connectivity index (χ0n) is 6.11. The van der Waals surface area contributed by atoms with E-state index >= 15 is 0 Å². The number of piperidine rings is 1. The van der Waals surface area contributed by atoms with E-state index in [0.29, 0.717) is 5.54 Å². The molecule has 57 valence electrons. The Kier molecular flexibility index (Phi) is 1.64. The average molecular weight is 140 g/mol. The minimum atomic E-state index is 0.325. The summed E-state index contributed by atoms with van der Waals surface area (Å²) in [6, 6.07) is 0. The number of rotatable bonds is 0.